The van der Waals surface area contributed by atoms with E-state index in [1.807, 2.05) is 0 Å². The van der Waals surface area contributed by atoms with Crippen LogP contribution in [0.4, 0.5) is 11.4 Å². The second-order valence-electron chi connectivity index (χ2n) is 29.8. The molecule has 584 valence electrons. The molecule has 8 fully saturated rings. The van der Waals surface area contributed by atoms with Crippen LogP contribution in [0.1, 0.15) is 123 Å². The number of ether oxygens (including phenoxy) is 2. The van der Waals surface area contributed by atoms with Gasteiger partial charge in [-0.2, -0.15) is 0 Å². The van der Waals surface area contributed by atoms with Crippen molar-refractivity contribution in [1.29, 1.82) is 0 Å². The van der Waals surface area contributed by atoms with Crippen LogP contribution in [0.3, 0.4) is 0 Å². The number of hydrogen-bond donors (Lipinski definition) is 16. The average molecular weight is 1540 g/mol. The van der Waals surface area contributed by atoms with E-state index in [1.54, 1.807) is 27.7 Å². The first-order chi connectivity index (χ1) is 50.9. The predicted molar refractivity (Wildman–Crippen MR) is 379 cm³/mol. The normalized spacial score (nSPS) is 33.6. The third kappa shape index (κ3) is 14.4. The van der Waals surface area contributed by atoms with Gasteiger partial charge in [0, 0.05) is 86.9 Å². The first-order valence-corrected chi connectivity index (χ1v) is 37.4. The molecule has 10 aliphatic heterocycles. The fraction of sp³-hybridized carbons (Fsp3) is 0.652. The van der Waals surface area contributed by atoms with Crippen LogP contribution in [-0.4, -0.2) is 272 Å². The van der Waals surface area contributed by atoms with Crippen molar-refractivity contribution in [2.24, 2.45) is 11.8 Å². The van der Waals surface area contributed by atoms with Gasteiger partial charge in [0.1, 0.15) is 96.0 Å². The maximum atomic E-state index is 15.6. The third-order valence-corrected chi connectivity index (χ3v) is 23.1. The summed E-state index contributed by atoms with van der Waals surface area (Å²) >= 11 is 14.5. The van der Waals surface area contributed by atoms with E-state index >= 15 is 28.8 Å². The van der Waals surface area contributed by atoms with Crippen molar-refractivity contribution < 1.29 is 87.4 Å². The van der Waals surface area contributed by atoms with Crippen LogP contribution in [0.15, 0.2) is 24.3 Å². The van der Waals surface area contributed by atoms with E-state index in [4.69, 9.17) is 32.7 Å². The zero-order valence-electron chi connectivity index (χ0n) is 60.7. The number of amides is 12. The molecule has 16 N–H and O–H groups in total. The third-order valence-electron chi connectivity index (χ3n) is 22.4. The summed E-state index contributed by atoms with van der Waals surface area (Å²) in [5.41, 5.74) is 7.97. The Morgan fingerprint density at radius 1 is 0.439 bits per heavy atom. The molecule has 8 saturated heterocycles. The molecule has 2 aromatic carbocycles. The molecule has 0 spiro atoms. The smallest absolute Gasteiger partial charge is 0.261 e. The van der Waals surface area contributed by atoms with Crippen LogP contribution in [0.2, 0.25) is 10.0 Å². The van der Waals surface area contributed by atoms with Crippen molar-refractivity contribution >= 4 is 105 Å². The van der Waals surface area contributed by atoms with Crippen molar-refractivity contribution in [2.75, 3.05) is 64.2 Å². The molecule has 10 heterocycles. The highest BCUT2D eigenvalue weighted by Gasteiger charge is 2.64. The number of methoxy groups -OCH3 is 2. The Bertz CT molecular complexity index is 3900. The van der Waals surface area contributed by atoms with Gasteiger partial charge in [0.15, 0.2) is 0 Å². The van der Waals surface area contributed by atoms with Crippen LogP contribution in [0.5, 0.6) is 0 Å². The highest BCUT2D eigenvalue weighted by Crippen LogP contribution is 2.55. The van der Waals surface area contributed by atoms with Gasteiger partial charge >= 0.3 is 0 Å². The first kappa shape index (κ1) is 78.4. The molecular weight excluding hydrogens is 1440 g/mol. The van der Waals surface area contributed by atoms with Gasteiger partial charge in [0.25, 0.3) is 23.6 Å². The minimum absolute atomic E-state index is 0.0310. The lowest BCUT2D eigenvalue weighted by atomic mass is 9.86. The van der Waals surface area contributed by atoms with Crippen LogP contribution >= 0.6 is 23.2 Å². The van der Waals surface area contributed by atoms with Gasteiger partial charge in [0.05, 0.1) is 35.5 Å². The molecule has 38 heteroatoms. The Balaban J connectivity index is 0.914. The van der Waals surface area contributed by atoms with E-state index in [2.05, 4.69) is 64.2 Å². The lowest BCUT2D eigenvalue weighted by Crippen LogP contribution is -2.69. The summed E-state index contributed by atoms with van der Waals surface area (Å²) in [6, 6.07) is -12.1. The SMILES string of the molecule is CCC(C)[C@H]1NC(=O)[C@@H]2C[C@@]3(O)c4cc(-c5cc6c(cc5Cl)N[C@H]5N7C(=O)[C@@H](C(C)O)NC(=O)[C@H](COC)NC(=O)[C@H]8CCCNN8C(=O)[C@@H]8CCCNN8C(=O)[C@@H](C(C)C)NC(=O)[C@@H]7C[C@@]65O)c(Cl)cc4N[C@H]3N2C(=O)[C@@H](C(C)O)NC(=O)[C@H](COC)NC(=O)[C@H]2CCCNN2C(=O)[C@@H]2CCCNN2C1=O. The summed E-state index contributed by atoms with van der Waals surface area (Å²) in [7, 11) is 2.53. The molecule has 19 atom stereocenters. The Labute approximate surface area is 626 Å². The summed E-state index contributed by atoms with van der Waals surface area (Å²) < 4.78 is 10.7. The summed E-state index contributed by atoms with van der Waals surface area (Å²) in [4.78, 5) is 181. The number of halogens is 2. The number of carbonyl (C=O) groups excluding carboxylic acids is 12. The van der Waals surface area contributed by atoms with Gasteiger partial charge in [-0.25, -0.2) is 21.7 Å². The van der Waals surface area contributed by atoms with Gasteiger partial charge in [0.2, 0.25) is 47.3 Å². The number of aliphatic hydroxyl groups is 4. The maximum absolute atomic E-state index is 15.6. The topological polar surface area (TPSA) is 468 Å². The number of fused-ring (bicyclic) bond motifs is 14. The second kappa shape index (κ2) is 31.4. The molecule has 0 bridgehead atoms. The van der Waals surface area contributed by atoms with Crippen LogP contribution in [0.25, 0.3) is 11.1 Å². The van der Waals surface area contributed by atoms with E-state index < -0.39 is 217 Å². The fourth-order valence-electron chi connectivity index (χ4n) is 16.5. The number of nitrogens with zero attached hydrogens (tertiary/aromatic N) is 6. The monoisotopic (exact) mass is 1530 g/mol. The average Bonchev–Trinajstić information content (AvgIpc) is 1.55. The summed E-state index contributed by atoms with van der Waals surface area (Å²) in [5.74, 6) is -11.7. The maximum Gasteiger partial charge on any atom is 0.261 e. The largest absolute Gasteiger partial charge is 0.391 e. The van der Waals surface area contributed by atoms with E-state index in [0.717, 1.165) is 29.8 Å². The summed E-state index contributed by atoms with van der Waals surface area (Å²) in [6.07, 6.45) is -5.23. The van der Waals surface area contributed by atoms with Gasteiger partial charge < -0.3 is 82.2 Å². The number of carbonyl (C=O) groups is 12. The summed E-state index contributed by atoms with van der Waals surface area (Å²) in [6.45, 7) is 9.40. The highest BCUT2D eigenvalue weighted by molar-refractivity contribution is 6.37. The molecule has 0 saturated carbocycles. The molecule has 2 aromatic rings. The Hall–Kier alpha value is -8.14. The zero-order valence-corrected chi connectivity index (χ0v) is 62.2. The van der Waals surface area contributed by atoms with Gasteiger partial charge in [-0.1, -0.05) is 57.3 Å². The van der Waals surface area contributed by atoms with Crippen molar-refractivity contribution in [1.82, 2.24) is 83.4 Å². The number of hydrazine groups is 4. The molecule has 0 radical (unpaired) electrons. The van der Waals surface area contributed by atoms with Crippen LogP contribution in [-0.2, 0) is 78.2 Å². The molecule has 3 unspecified atom stereocenters. The van der Waals surface area contributed by atoms with E-state index in [9.17, 15) is 49.2 Å². The highest BCUT2D eigenvalue weighted by atomic mass is 35.5. The number of aliphatic hydroxyl groups excluding tert-OH is 2. The van der Waals surface area contributed by atoms with E-state index in [-0.39, 0.29) is 82.4 Å². The lowest BCUT2D eigenvalue weighted by Gasteiger charge is -2.43. The predicted octanol–water partition coefficient (Wildman–Crippen LogP) is -3.58. The molecule has 12 amide bonds. The van der Waals surface area contributed by atoms with Crippen LogP contribution in [0, 0.1) is 11.8 Å². The second-order valence-corrected chi connectivity index (χ2v) is 30.6. The molecular formula is C69H96Cl2N18O18. The Morgan fingerprint density at radius 3 is 1.13 bits per heavy atom. The van der Waals surface area contributed by atoms with Gasteiger partial charge in [-0.15, -0.1) is 0 Å². The quantitative estimate of drug-likeness (QED) is 0.109. The molecule has 36 nitrogen and oxygen atoms in total. The molecule has 10 aliphatic rings. The van der Waals surface area contributed by atoms with Crippen molar-refractivity contribution in [3.05, 3.63) is 45.4 Å². The zero-order chi connectivity index (χ0) is 77.2. The molecule has 0 aliphatic carbocycles. The Morgan fingerprint density at radius 2 is 0.776 bits per heavy atom. The minimum atomic E-state index is -2.30. The Kier molecular flexibility index (Phi) is 23.1. The molecule has 0 aromatic heterocycles. The van der Waals surface area contributed by atoms with Crippen molar-refractivity contribution in [2.45, 2.75) is 220 Å². The lowest BCUT2D eigenvalue weighted by molar-refractivity contribution is -0.161. The summed E-state index contributed by atoms with van der Waals surface area (Å²) in [5, 5.41) is 77.0. The van der Waals surface area contributed by atoms with Gasteiger partial charge in [-0.3, -0.25) is 77.6 Å². The van der Waals surface area contributed by atoms with Crippen LogP contribution < -0.4 is 64.2 Å². The van der Waals surface area contributed by atoms with Crippen molar-refractivity contribution in [3.8, 4) is 11.1 Å². The number of benzene rings is 2. The minimum Gasteiger partial charge on any atom is -0.391 e. The number of nitrogens with one attached hydrogen (secondary N) is 12. The molecule has 12 rings (SSSR count). The molecule has 107 heavy (non-hydrogen) atoms. The number of hydrogen-bond acceptors (Lipinski definition) is 24. The number of rotatable bonds is 10. The van der Waals surface area contributed by atoms with Crippen molar-refractivity contribution in [3.63, 3.8) is 0 Å². The standard InChI is InChI=1S/C69H96Cl2N18O18/c1-9-31(4)51-65(103)89-47(17-13-21-75-89)61(99)87-45(15-11-19-73-87)57(95)77-43(29-107-8)55(93)83-53(33(6)91)63(101)85-49(59(97)81-51)27-69(105)37-23-35(39(71)25-41(37)79-67(69)85)34-22-36-40(24-38(34)70)78-66-68(36,104)26-48-58(96)80-50(30(2)3)64(102)88-46(16-12-20-74-88)60(98)86-44(14-10-18-72-86)56(94)76-42(28-106-7)54(92)82-52(32(5)90)62(100)84(48)66/h22-25,30-33,42-53,66-67,72-75,78-79,90-91,104-105H,9-21,26-29H2,1-8H3,(H,76,94)(H,77,95)(H,80,96)(H,81,97)(H,82,92)(H,83,93)/t31?,32?,33?,42-,43-,44+,45+,46-,47-,48-,49-,50+,51+,52+,53+,66-,67-,68+,69+/m0/s1. The van der Waals surface area contributed by atoms with Gasteiger partial charge in [-0.05, 0) is 101 Å². The fourth-order valence-corrected chi connectivity index (χ4v) is 17.0. The van der Waals surface area contributed by atoms with E-state index in [1.165, 1.54) is 52.3 Å². The first-order valence-electron chi connectivity index (χ1n) is 36.6. The number of anilines is 2. The van der Waals surface area contributed by atoms with E-state index in [0.29, 0.717) is 45.2 Å².